The predicted molar refractivity (Wildman–Crippen MR) is 95.7 cm³/mol. The van der Waals surface area contributed by atoms with Gasteiger partial charge in [0, 0.05) is 28.2 Å². The number of aromatic nitrogens is 5. The maximum Gasteiger partial charge on any atom is 0.283 e. The van der Waals surface area contributed by atoms with Crippen LogP contribution in [0, 0.1) is 0 Å². The van der Waals surface area contributed by atoms with Crippen LogP contribution in [0.4, 0.5) is 0 Å². The van der Waals surface area contributed by atoms with Gasteiger partial charge in [-0.1, -0.05) is 0 Å². The summed E-state index contributed by atoms with van der Waals surface area (Å²) in [6.07, 6.45) is 9.76. The molecule has 1 aliphatic rings. The van der Waals surface area contributed by atoms with Crippen LogP contribution in [0.2, 0.25) is 0 Å². The van der Waals surface area contributed by atoms with Gasteiger partial charge in [-0.15, -0.1) is 21.5 Å². The van der Waals surface area contributed by atoms with Crippen molar-refractivity contribution in [1.29, 1.82) is 0 Å². The van der Waals surface area contributed by atoms with Crippen LogP contribution in [0.15, 0.2) is 45.5 Å². The topological polar surface area (TPSA) is 77.6 Å². The van der Waals surface area contributed by atoms with Crippen molar-refractivity contribution in [3.05, 3.63) is 41.3 Å². The van der Waals surface area contributed by atoms with Gasteiger partial charge in [0.15, 0.2) is 0 Å². The zero-order chi connectivity index (χ0) is 16.6. The van der Waals surface area contributed by atoms with Crippen molar-refractivity contribution in [2.24, 2.45) is 0 Å². The number of thiophene rings is 1. The van der Waals surface area contributed by atoms with Gasteiger partial charge in [-0.3, -0.25) is 4.98 Å². The third kappa shape index (κ3) is 2.71. The second kappa shape index (κ2) is 6.20. The van der Waals surface area contributed by atoms with E-state index in [9.17, 15) is 0 Å². The normalized spacial score (nSPS) is 13.9. The Morgan fingerprint density at radius 1 is 1.04 bits per heavy atom. The standard InChI is InChI=1S/C17H13N5OS2/c1-2-4-12-11(3-1)13-15(24-12)19-9-20-16(13)25-17-22-21-14(23-17)10-5-7-18-8-6-10/h5-9H,1-4H2. The van der Waals surface area contributed by atoms with Crippen LogP contribution >= 0.6 is 23.1 Å². The minimum atomic E-state index is 0.488. The molecule has 0 saturated carbocycles. The van der Waals surface area contributed by atoms with Gasteiger partial charge in [-0.05, 0) is 55.1 Å². The summed E-state index contributed by atoms with van der Waals surface area (Å²) in [5, 5.41) is 10.8. The molecule has 0 unspecified atom stereocenters. The monoisotopic (exact) mass is 367 g/mol. The molecule has 0 aromatic carbocycles. The molecule has 0 saturated heterocycles. The maximum atomic E-state index is 5.80. The van der Waals surface area contributed by atoms with Gasteiger partial charge in [-0.2, -0.15) is 0 Å². The van der Waals surface area contributed by atoms with E-state index >= 15 is 0 Å². The highest BCUT2D eigenvalue weighted by Gasteiger charge is 2.21. The van der Waals surface area contributed by atoms with E-state index in [1.165, 1.54) is 35.0 Å². The zero-order valence-electron chi connectivity index (χ0n) is 13.2. The quantitative estimate of drug-likeness (QED) is 0.503. The fourth-order valence-electron chi connectivity index (χ4n) is 3.08. The van der Waals surface area contributed by atoms with E-state index in [4.69, 9.17) is 4.42 Å². The summed E-state index contributed by atoms with van der Waals surface area (Å²) < 4.78 is 5.80. The smallest absolute Gasteiger partial charge is 0.283 e. The van der Waals surface area contributed by atoms with E-state index < -0.39 is 0 Å². The van der Waals surface area contributed by atoms with E-state index in [1.54, 1.807) is 30.1 Å². The molecule has 4 aromatic rings. The molecule has 5 rings (SSSR count). The van der Waals surface area contributed by atoms with Crippen molar-refractivity contribution in [1.82, 2.24) is 25.1 Å². The van der Waals surface area contributed by atoms with Gasteiger partial charge in [0.2, 0.25) is 5.89 Å². The zero-order valence-corrected chi connectivity index (χ0v) is 14.8. The summed E-state index contributed by atoms with van der Waals surface area (Å²) in [7, 11) is 0. The lowest BCUT2D eigenvalue weighted by Gasteiger charge is -2.10. The molecule has 8 heteroatoms. The van der Waals surface area contributed by atoms with Gasteiger partial charge in [0.25, 0.3) is 5.22 Å². The fourth-order valence-corrected chi connectivity index (χ4v) is 5.17. The highest BCUT2D eigenvalue weighted by Crippen LogP contribution is 2.40. The third-order valence-electron chi connectivity index (χ3n) is 4.23. The lowest BCUT2D eigenvalue weighted by atomic mass is 9.97. The lowest BCUT2D eigenvalue weighted by molar-refractivity contribution is 0.465. The molecule has 25 heavy (non-hydrogen) atoms. The number of rotatable bonds is 3. The maximum absolute atomic E-state index is 5.80. The Kier molecular flexibility index (Phi) is 3.71. The summed E-state index contributed by atoms with van der Waals surface area (Å²) in [6, 6.07) is 3.69. The first kappa shape index (κ1) is 15.0. The number of nitrogens with zero attached hydrogens (tertiary/aromatic N) is 5. The summed E-state index contributed by atoms with van der Waals surface area (Å²) in [6.45, 7) is 0. The van der Waals surface area contributed by atoms with Crippen molar-refractivity contribution in [2.75, 3.05) is 0 Å². The van der Waals surface area contributed by atoms with Crippen LogP contribution in [-0.4, -0.2) is 25.1 Å². The molecule has 0 radical (unpaired) electrons. The minimum absolute atomic E-state index is 0.488. The molecular weight excluding hydrogens is 354 g/mol. The minimum Gasteiger partial charge on any atom is -0.411 e. The van der Waals surface area contributed by atoms with Crippen molar-refractivity contribution in [3.8, 4) is 11.5 Å². The fraction of sp³-hybridized carbons (Fsp3) is 0.235. The second-order valence-corrected chi connectivity index (χ2v) is 7.80. The average Bonchev–Trinajstić information content (AvgIpc) is 3.27. The van der Waals surface area contributed by atoms with E-state index in [1.807, 2.05) is 12.1 Å². The summed E-state index contributed by atoms with van der Waals surface area (Å²) in [4.78, 5) is 15.5. The number of aryl methyl sites for hydroxylation is 2. The van der Waals surface area contributed by atoms with Crippen molar-refractivity contribution in [3.63, 3.8) is 0 Å². The summed E-state index contributed by atoms with van der Waals surface area (Å²) in [5.41, 5.74) is 2.26. The van der Waals surface area contributed by atoms with Crippen molar-refractivity contribution < 1.29 is 4.42 Å². The van der Waals surface area contributed by atoms with Crippen LogP contribution in [0.3, 0.4) is 0 Å². The van der Waals surface area contributed by atoms with Crippen LogP contribution in [0.25, 0.3) is 21.7 Å². The number of pyridine rings is 1. The van der Waals surface area contributed by atoms with Crippen molar-refractivity contribution in [2.45, 2.75) is 35.9 Å². The second-order valence-electron chi connectivity index (χ2n) is 5.78. The Balaban J connectivity index is 1.52. The highest BCUT2D eigenvalue weighted by molar-refractivity contribution is 7.99. The lowest BCUT2D eigenvalue weighted by Crippen LogP contribution is -1.98. The molecule has 0 atom stereocenters. The number of fused-ring (bicyclic) bond motifs is 3. The summed E-state index contributed by atoms with van der Waals surface area (Å²) >= 11 is 3.20. The SMILES string of the molecule is c1cc(-c2nnc(Sc3ncnc4sc5c(c34)CCCC5)o2)ccn1. The molecule has 1 aliphatic carbocycles. The van der Waals surface area contributed by atoms with Gasteiger partial charge >= 0.3 is 0 Å². The molecule has 124 valence electrons. The van der Waals surface area contributed by atoms with Gasteiger partial charge < -0.3 is 4.42 Å². The first-order valence-corrected chi connectivity index (χ1v) is 9.69. The van der Waals surface area contributed by atoms with Gasteiger partial charge in [0.05, 0.1) is 0 Å². The molecule has 0 spiro atoms. The largest absolute Gasteiger partial charge is 0.411 e. The third-order valence-corrected chi connectivity index (χ3v) is 6.28. The van der Waals surface area contributed by atoms with Crippen LogP contribution in [0.5, 0.6) is 0 Å². The van der Waals surface area contributed by atoms with Gasteiger partial charge in [-0.25, -0.2) is 9.97 Å². The number of hydrogen-bond acceptors (Lipinski definition) is 8. The van der Waals surface area contributed by atoms with E-state index in [0.29, 0.717) is 11.1 Å². The molecule has 0 N–H and O–H groups in total. The first-order chi connectivity index (χ1) is 12.4. The van der Waals surface area contributed by atoms with Crippen molar-refractivity contribution >= 4 is 33.3 Å². The van der Waals surface area contributed by atoms with Crippen LogP contribution < -0.4 is 0 Å². The average molecular weight is 367 g/mol. The van der Waals surface area contributed by atoms with Crippen LogP contribution in [-0.2, 0) is 12.8 Å². The molecule has 6 nitrogen and oxygen atoms in total. The van der Waals surface area contributed by atoms with Gasteiger partial charge in [0.1, 0.15) is 16.2 Å². The van der Waals surface area contributed by atoms with E-state index in [0.717, 1.165) is 33.6 Å². The Hall–Kier alpha value is -2.32. The van der Waals surface area contributed by atoms with E-state index in [-0.39, 0.29) is 0 Å². The molecule has 0 amide bonds. The molecule has 0 bridgehead atoms. The first-order valence-electron chi connectivity index (χ1n) is 8.05. The Labute approximate surface area is 151 Å². The Morgan fingerprint density at radius 2 is 1.92 bits per heavy atom. The van der Waals surface area contributed by atoms with E-state index in [2.05, 4.69) is 25.1 Å². The number of hydrogen-bond donors (Lipinski definition) is 0. The predicted octanol–water partition coefficient (Wildman–Crippen LogP) is 4.17. The summed E-state index contributed by atoms with van der Waals surface area (Å²) in [5.74, 6) is 0.488. The molecule has 0 fully saturated rings. The molecule has 0 aliphatic heterocycles. The van der Waals surface area contributed by atoms with Crippen LogP contribution in [0.1, 0.15) is 23.3 Å². The molecule has 4 aromatic heterocycles. The Morgan fingerprint density at radius 3 is 2.84 bits per heavy atom. The molecular formula is C17H13N5OS2. The molecule has 4 heterocycles. The highest BCUT2D eigenvalue weighted by atomic mass is 32.2. The Bertz CT molecular complexity index is 1040.